The Kier molecular flexibility index (Phi) is 2.51. The van der Waals surface area contributed by atoms with Crippen LogP contribution in [0, 0.1) is 5.82 Å². The van der Waals surface area contributed by atoms with Crippen molar-refractivity contribution in [3.8, 4) is 0 Å². The molecule has 1 rings (SSSR count). The number of nitrogen functional groups attached to an aromatic ring is 1. The van der Waals surface area contributed by atoms with Crippen molar-refractivity contribution in [2.45, 2.75) is 6.18 Å². The van der Waals surface area contributed by atoms with E-state index in [9.17, 15) is 17.6 Å². The van der Waals surface area contributed by atoms with Crippen LogP contribution in [0.1, 0.15) is 11.1 Å². The van der Waals surface area contributed by atoms with Gasteiger partial charge in [-0.2, -0.15) is 13.2 Å². The fraction of sp³-hybridized carbons (Fsp3) is 0.111. The van der Waals surface area contributed by atoms with Crippen molar-refractivity contribution >= 4 is 11.8 Å². The maximum Gasteiger partial charge on any atom is 0.419 e. The van der Waals surface area contributed by atoms with E-state index in [-0.39, 0.29) is 11.3 Å². The van der Waals surface area contributed by atoms with Crippen LogP contribution < -0.4 is 5.73 Å². The standard InChI is InChI=1S/C9H7F4N/c1-2-5-3-6(14)4-7(10)8(5)9(11,12)13/h2-4H,1,14H2. The average molecular weight is 205 g/mol. The molecule has 0 aromatic heterocycles. The Morgan fingerprint density at radius 3 is 2.29 bits per heavy atom. The molecule has 2 N–H and O–H groups in total. The van der Waals surface area contributed by atoms with Crippen LogP contribution in [0.2, 0.25) is 0 Å². The van der Waals surface area contributed by atoms with E-state index in [1.165, 1.54) is 0 Å². The molecule has 0 saturated carbocycles. The molecule has 0 aliphatic rings. The van der Waals surface area contributed by atoms with Gasteiger partial charge in [-0.05, 0) is 17.7 Å². The summed E-state index contributed by atoms with van der Waals surface area (Å²) in [5.74, 6) is -1.38. The van der Waals surface area contributed by atoms with Crippen LogP contribution in [0.15, 0.2) is 18.7 Å². The molecule has 0 atom stereocenters. The summed E-state index contributed by atoms with van der Waals surface area (Å²) in [6.45, 7) is 3.17. The fourth-order valence-corrected chi connectivity index (χ4v) is 1.11. The maximum absolute atomic E-state index is 12.9. The molecule has 0 heterocycles. The largest absolute Gasteiger partial charge is 0.419 e. The molecule has 0 fully saturated rings. The lowest BCUT2D eigenvalue weighted by molar-refractivity contribution is -0.140. The van der Waals surface area contributed by atoms with Crippen LogP contribution in [0.4, 0.5) is 23.2 Å². The second-order valence-corrected chi connectivity index (χ2v) is 2.67. The van der Waals surface area contributed by atoms with Crippen LogP contribution in [0.3, 0.4) is 0 Å². The summed E-state index contributed by atoms with van der Waals surface area (Å²) in [6, 6.07) is 1.66. The van der Waals surface area contributed by atoms with E-state index in [1.807, 2.05) is 0 Å². The molecule has 0 bridgehead atoms. The summed E-state index contributed by atoms with van der Waals surface area (Å²) in [5, 5.41) is 0. The lowest BCUT2D eigenvalue weighted by Gasteiger charge is -2.11. The molecule has 1 aromatic carbocycles. The fourth-order valence-electron chi connectivity index (χ4n) is 1.11. The normalized spacial score (nSPS) is 11.4. The van der Waals surface area contributed by atoms with Crippen molar-refractivity contribution in [1.82, 2.24) is 0 Å². The highest BCUT2D eigenvalue weighted by molar-refractivity contribution is 5.59. The molecule has 1 aromatic rings. The Hall–Kier alpha value is -1.52. The molecule has 0 saturated heterocycles. The summed E-state index contributed by atoms with van der Waals surface area (Å²) >= 11 is 0. The highest BCUT2D eigenvalue weighted by atomic mass is 19.4. The molecule has 0 spiro atoms. The topological polar surface area (TPSA) is 26.0 Å². The average Bonchev–Trinajstić information content (AvgIpc) is 1.99. The van der Waals surface area contributed by atoms with Gasteiger partial charge in [0.25, 0.3) is 0 Å². The number of rotatable bonds is 1. The van der Waals surface area contributed by atoms with E-state index in [1.54, 1.807) is 0 Å². The zero-order valence-electron chi connectivity index (χ0n) is 7.03. The van der Waals surface area contributed by atoms with E-state index >= 15 is 0 Å². The van der Waals surface area contributed by atoms with E-state index in [4.69, 9.17) is 5.73 Å². The molecular formula is C9H7F4N. The molecular weight excluding hydrogens is 198 g/mol. The van der Waals surface area contributed by atoms with Gasteiger partial charge < -0.3 is 5.73 Å². The van der Waals surface area contributed by atoms with Gasteiger partial charge in [-0.25, -0.2) is 4.39 Å². The van der Waals surface area contributed by atoms with Gasteiger partial charge in [0.1, 0.15) is 5.82 Å². The maximum atomic E-state index is 12.9. The Bertz CT molecular complexity index is 368. The Balaban J connectivity index is 3.48. The Morgan fingerprint density at radius 2 is 1.86 bits per heavy atom. The van der Waals surface area contributed by atoms with Crippen LogP contribution in [-0.4, -0.2) is 0 Å². The van der Waals surface area contributed by atoms with Crippen molar-refractivity contribution in [1.29, 1.82) is 0 Å². The summed E-state index contributed by atoms with van der Waals surface area (Å²) in [4.78, 5) is 0. The predicted octanol–water partition coefficient (Wildman–Crippen LogP) is 3.07. The highest BCUT2D eigenvalue weighted by Crippen LogP contribution is 2.35. The van der Waals surface area contributed by atoms with E-state index in [0.29, 0.717) is 6.07 Å². The van der Waals surface area contributed by atoms with Crippen molar-refractivity contribution in [2.75, 3.05) is 5.73 Å². The van der Waals surface area contributed by atoms with Gasteiger partial charge in [0, 0.05) is 5.69 Å². The van der Waals surface area contributed by atoms with Gasteiger partial charge in [-0.1, -0.05) is 12.7 Å². The first-order valence-corrected chi connectivity index (χ1v) is 3.65. The van der Waals surface area contributed by atoms with E-state index in [2.05, 4.69) is 6.58 Å². The second-order valence-electron chi connectivity index (χ2n) is 2.67. The summed E-state index contributed by atoms with van der Waals surface area (Å²) in [6.07, 6.45) is -3.82. The van der Waals surface area contributed by atoms with Crippen molar-refractivity contribution in [3.63, 3.8) is 0 Å². The number of anilines is 1. The lowest BCUT2D eigenvalue weighted by Crippen LogP contribution is -2.11. The van der Waals surface area contributed by atoms with Crippen LogP contribution in [0.25, 0.3) is 6.08 Å². The lowest BCUT2D eigenvalue weighted by atomic mass is 10.1. The third kappa shape index (κ3) is 1.86. The zero-order valence-corrected chi connectivity index (χ0v) is 7.03. The number of alkyl halides is 3. The highest BCUT2D eigenvalue weighted by Gasteiger charge is 2.36. The summed E-state index contributed by atoms with van der Waals surface area (Å²) < 4.78 is 49.8. The number of hydrogen-bond acceptors (Lipinski definition) is 1. The van der Waals surface area contributed by atoms with Crippen LogP contribution >= 0.6 is 0 Å². The molecule has 0 amide bonds. The van der Waals surface area contributed by atoms with Crippen molar-refractivity contribution in [2.24, 2.45) is 0 Å². The minimum Gasteiger partial charge on any atom is -0.399 e. The minimum atomic E-state index is -4.73. The molecule has 0 aliphatic heterocycles. The molecule has 14 heavy (non-hydrogen) atoms. The Morgan fingerprint density at radius 1 is 1.29 bits per heavy atom. The summed E-state index contributed by atoms with van der Waals surface area (Å²) in [7, 11) is 0. The number of nitrogens with two attached hydrogens (primary N) is 1. The van der Waals surface area contributed by atoms with Gasteiger partial charge in [-0.3, -0.25) is 0 Å². The molecule has 0 unspecified atom stereocenters. The Labute approximate surface area is 77.8 Å². The van der Waals surface area contributed by atoms with Gasteiger partial charge in [0.05, 0.1) is 5.56 Å². The summed E-state index contributed by atoms with van der Waals surface area (Å²) in [5.41, 5.74) is 3.44. The molecule has 76 valence electrons. The molecule has 0 aliphatic carbocycles. The smallest absolute Gasteiger partial charge is 0.399 e. The number of benzene rings is 1. The zero-order chi connectivity index (χ0) is 10.9. The van der Waals surface area contributed by atoms with E-state index < -0.39 is 17.6 Å². The van der Waals surface area contributed by atoms with Crippen molar-refractivity contribution < 1.29 is 17.6 Å². The number of hydrogen-bond donors (Lipinski definition) is 1. The van der Waals surface area contributed by atoms with Gasteiger partial charge in [-0.15, -0.1) is 0 Å². The molecule has 0 radical (unpaired) electrons. The third-order valence-electron chi connectivity index (χ3n) is 1.65. The SMILES string of the molecule is C=Cc1cc(N)cc(F)c1C(F)(F)F. The van der Waals surface area contributed by atoms with Crippen LogP contribution in [0.5, 0.6) is 0 Å². The first-order valence-electron chi connectivity index (χ1n) is 3.65. The minimum absolute atomic E-state index is 0.0644. The third-order valence-corrected chi connectivity index (χ3v) is 1.65. The molecule has 5 heteroatoms. The second kappa shape index (κ2) is 3.32. The number of halogens is 4. The van der Waals surface area contributed by atoms with Gasteiger partial charge >= 0.3 is 6.18 Å². The van der Waals surface area contributed by atoms with Crippen LogP contribution in [-0.2, 0) is 6.18 Å². The van der Waals surface area contributed by atoms with Gasteiger partial charge in [0.15, 0.2) is 0 Å². The van der Waals surface area contributed by atoms with Crippen molar-refractivity contribution in [3.05, 3.63) is 35.7 Å². The quantitative estimate of drug-likeness (QED) is 0.553. The first kappa shape index (κ1) is 10.6. The first-order chi connectivity index (χ1) is 6.36. The monoisotopic (exact) mass is 205 g/mol. The predicted molar refractivity (Wildman–Crippen MR) is 45.9 cm³/mol. The van der Waals surface area contributed by atoms with E-state index in [0.717, 1.165) is 12.1 Å². The molecule has 1 nitrogen and oxygen atoms in total. The van der Waals surface area contributed by atoms with Gasteiger partial charge in [0.2, 0.25) is 0 Å².